The molecule has 1 unspecified atom stereocenters. The van der Waals surface area contributed by atoms with Crippen LogP contribution in [-0.4, -0.2) is 51.7 Å². The molecule has 1 aromatic carbocycles. The van der Waals surface area contributed by atoms with E-state index in [9.17, 15) is 8.42 Å². The van der Waals surface area contributed by atoms with Crippen molar-refractivity contribution in [1.82, 2.24) is 4.31 Å². The number of hydrogen-bond acceptors (Lipinski definition) is 5. The fourth-order valence-electron chi connectivity index (χ4n) is 2.29. The van der Waals surface area contributed by atoms with Crippen LogP contribution >= 0.6 is 0 Å². The molecule has 1 saturated heterocycles. The molecule has 0 amide bonds. The lowest BCUT2D eigenvalue weighted by Gasteiger charge is -2.18. The predicted molar refractivity (Wildman–Crippen MR) is 73.5 cm³/mol. The zero-order valence-electron chi connectivity index (χ0n) is 11.6. The Morgan fingerprint density at radius 1 is 1.35 bits per heavy atom. The van der Waals surface area contributed by atoms with E-state index in [0.29, 0.717) is 25.3 Å². The third-order valence-electron chi connectivity index (χ3n) is 3.50. The van der Waals surface area contributed by atoms with Gasteiger partial charge in [-0.15, -0.1) is 0 Å². The second kappa shape index (κ2) is 5.99. The van der Waals surface area contributed by atoms with Crippen LogP contribution in [0, 0.1) is 5.92 Å². The molecule has 20 heavy (non-hydrogen) atoms. The summed E-state index contributed by atoms with van der Waals surface area (Å²) in [7, 11) is -0.674. The highest BCUT2D eigenvalue weighted by Crippen LogP contribution is 2.32. The Bertz CT molecular complexity index is 572. The molecule has 2 rings (SSSR count). The maximum atomic E-state index is 12.6. The van der Waals surface area contributed by atoms with E-state index in [2.05, 4.69) is 0 Å². The van der Waals surface area contributed by atoms with Gasteiger partial charge in [0.2, 0.25) is 10.0 Å². The molecule has 0 aliphatic carbocycles. The minimum atomic E-state index is -3.61. The first-order valence-corrected chi connectivity index (χ1v) is 7.80. The topological polar surface area (TPSA) is 76.1 Å². The Hall–Kier alpha value is -1.31. The van der Waals surface area contributed by atoms with Gasteiger partial charge in [0.05, 0.1) is 14.2 Å². The molecule has 1 aromatic rings. The van der Waals surface area contributed by atoms with Gasteiger partial charge in [-0.05, 0) is 24.5 Å². The van der Waals surface area contributed by atoms with Crippen LogP contribution in [-0.2, 0) is 10.0 Å². The Balaban J connectivity index is 2.34. The monoisotopic (exact) mass is 301 g/mol. The van der Waals surface area contributed by atoms with E-state index in [1.54, 1.807) is 12.1 Å². The fraction of sp³-hybridized carbons (Fsp3) is 0.538. The Labute approximate surface area is 119 Å². The maximum Gasteiger partial charge on any atom is 0.246 e. The van der Waals surface area contributed by atoms with E-state index in [1.165, 1.54) is 24.6 Å². The van der Waals surface area contributed by atoms with Gasteiger partial charge in [0.1, 0.15) is 16.4 Å². The van der Waals surface area contributed by atoms with Gasteiger partial charge in [-0.1, -0.05) is 0 Å². The summed E-state index contributed by atoms with van der Waals surface area (Å²) in [5.74, 6) is 0.807. The molecular weight excluding hydrogens is 282 g/mol. The summed E-state index contributed by atoms with van der Waals surface area (Å²) in [6.07, 6.45) is 0.675. The van der Waals surface area contributed by atoms with Crippen molar-refractivity contribution in [3.8, 4) is 11.5 Å². The number of hydrogen-bond donors (Lipinski definition) is 1. The number of nitrogens with zero attached hydrogens (tertiary/aromatic N) is 1. The highest BCUT2D eigenvalue weighted by molar-refractivity contribution is 7.89. The van der Waals surface area contributed by atoms with Gasteiger partial charge in [0, 0.05) is 25.8 Å². The van der Waals surface area contributed by atoms with Crippen LogP contribution in [0.4, 0.5) is 0 Å². The van der Waals surface area contributed by atoms with Gasteiger partial charge < -0.3 is 14.6 Å². The van der Waals surface area contributed by atoms with Crippen molar-refractivity contribution in [3.63, 3.8) is 0 Å². The maximum absolute atomic E-state index is 12.6. The zero-order valence-corrected chi connectivity index (χ0v) is 12.4. The third-order valence-corrected chi connectivity index (χ3v) is 5.40. The molecule has 0 spiro atoms. The predicted octanol–water partition coefficient (Wildman–Crippen LogP) is 0.707. The highest BCUT2D eigenvalue weighted by atomic mass is 32.2. The molecule has 1 fully saturated rings. The molecule has 1 aliphatic heterocycles. The molecule has 6 nitrogen and oxygen atoms in total. The number of aliphatic hydroxyl groups is 1. The molecule has 0 aromatic heterocycles. The molecule has 1 N–H and O–H groups in total. The van der Waals surface area contributed by atoms with Crippen LogP contribution in [0.25, 0.3) is 0 Å². The van der Waals surface area contributed by atoms with Gasteiger partial charge in [0.25, 0.3) is 0 Å². The summed E-state index contributed by atoms with van der Waals surface area (Å²) < 4.78 is 36.8. The van der Waals surface area contributed by atoms with Gasteiger partial charge >= 0.3 is 0 Å². The van der Waals surface area contributed by atoms with E-state index in [4.69, 9.17) is 14.6 Å². The van der Waals surface area contributed by atoms with Gasteiger partial charge in [-0.3, -0.25) is 0 Å². The molecule has 0 saturated carbocycles. The lowest BCUT2D eigenvalue weighted by molar-refractivity contribution is 0.233. The van der Waals surface area contributed by atoms with E-state index < -0.39 is 10.0 Å². The molecule has 0 bridgehead atoms. The molecule has 112 valence electrons. The number of benzene rings is 1. The Kier molecular flexibility index (Phi) is 4.52. The summed E-state index contributed by atoms with van der Waals surface area (Å²) >= 11 is 0. The van der Waals surface area contributed by atoms with Gasteiger partial charge in [-0.2, -0.15) is 4.31 Å². The van der Waals surface area contributed by atoms with Crippen molar-refractivity contribution in [2.45, 2.75) is 11.3 Å². The van der Waals surface area contributed by atoms with Crippen molar-refractivity contribution in [3.05, 3.63) is 18.2 Å². The van der Waals surface area contributed by atoms with E-state index in [-0.39, 0.29) is 23.2 Å². The normalized spacial score (nSPS) is 20.1. The van der Waals surface area contributed by atoms with Crippen LogP contribution in [0.2, 0.25) is 0 Å². The molecule has 1 atom stereocenters. The number of rotatable bonds is 5. The van der Waals surface area contributed by atoms with Crippen molar-refractivity contribution in [2.24, 2.45) is 5.92 Å². The SMILES string of the molecule is COc1ccc(S(=O)(=O)N2CCC(CO)C2)c(OC)c1. The minimum Gasteiger partial charge on any atom is -0.497 e. The van der Waals surface area contributed by atoms with Crippen molar-refractivity contribution in [1.29, 1.82) is 0 Å². The first kappa shape index (κ1) is 15.1. The smallest absolute Gasteiger partial charge is 0.246 e. The number of sulfonamides is 1. The standard InChI is InChI=1S/C13H19NO5S/c1-18-11-3-4-13(12(7-11)19-2)20(16,17)14-6-5-10(8-14)9-15/h3-4,7,10,15H,5-6,8-9H2,1-2H3. The van der Waals surface area contributed by atoms with E-state index in [0.717, 1.165) is 0 Å². The molecule has 1 heterocycles. The Morgan fingerprint density at radius 2 is 2.10 bits per heavy atom. The molecular formula is C13H19NO5S. The largest absolute Gasteiger partial charge is 0.497 e. The first-order chi connectivity index (χ1) is 9.52. The van der Waals surface area contributed by atoms with Crippen LogP contribution in [0.5, 0.6) is 11.5 Å². The summed E-state index contributed by atoms with van der Waals surface area (Å²) in [5.41, 5.74) is 0. The molecule has 1 aliphatic rings. The minimum absolute atomic E-state index is 0.00572. The lowest BCUT2D eigenvalue weighted by Crippen LogP contribution is -2.29. The first-order valence-electron chi connectivity index (χ1n) is 6.36. The van der Waals surface area contributed by atoms with Crippen LogP contribution < -0.4 is 9.47 Å². The third kappa shape index (κ3) is 2.74. The second-order valence-electron chi connectivity index (χ2n) is 4.72. The second-order valence-corrected chi connectivity index (χ2v) is 6.62. The highest BCUT2D eigenvalue weighted by Gasteiger charge is 2.34. The van der Waals surface area contributed by atoms with Crippen LogP contribution in [0.1, 0.15) is 6.42 Å². The summed E-state index contributed by atoms with van der Waals surface area (Å²) in [6.45, 7) is 0.766. The van der Waals surface area contributed by atoms with E-state index >= 15 is 0 Å². The van der Waals surface area contributed by atoms with Crippen molar-refractivity contribution >= 4 is 10.0 Å². The average Bonchev–Trinajstić information content (AvgIpc) is 2.96. The van der Waals surface area contributed by atoms with Crippen LogP contribution in [0.15, 0.2) is 23.1 Å². The van der Waals surface area contributed by atoms with Crippen LogP contribution in [0.3, 0.4) is 0 Å². The van der Waals surface area contributed by atoms with Crippen molar-refractivity contribution in [2.75, 3.05) is 33.9 Å². The van der Waals surface area contributed by atoms with Gasteiger partial charge in [-0.25, -0.2) is 8.42 Å². The number of ether oxygens (including phenoxy) is 2. The average molecular weight is 301 g/mol. The summed E-state index contributed by atoms with van der Waals surface area (Å²) in [5, 5.41) is 9.13. The molecule has 7 heteroatoms. The number of aliphatic hydroxyl groups excluding tert-OH is 1. The van der Waals surface area contributed by atoms with E-state index in [1.807, 2.05) is 0 Å². The fourth-order valence-corrected chi connectivity index (χ4v) is 3.96. The lowest BCUT2D eigenvalue weighted by atomic mass is 10.1. The van der Waals surface area contributed by atoms with Gasteiger partial charge in [0.15, 0.2) is 0 Å². The molecule has 0 radical (unpaired) electrons. The summed E-state index contributed by atoms with van der Waals surface area (Å²) in [4.78, 5) is 0.124. The van der Waals surface area contributed by atoms with Crippen molar-refractivity contribution < 1.29 is 23.0 Å². The summed E-state index contributed by atoms with van der Waals surface area (Å²) in [6, 6.07) is 4.63. The zero-order chi connectivity index (χ0) is 14.8. The Morgan fingerprint density at radius 3 is 2.65 bits per heavy atom. The number of methoxy groups -OCH3 is 2. The quantitative estimate of drug-likeness (QED) is 0.866.